The molecule has 2 aliphatic rings. The van der Waals surface area contributed by atoms with Gasteiger partial charge in [0.25, 0.3) is 0 Å². The molecule has 4 heterocycles. The number of carbonyl (C=O) groups excluding carboxylic acids is 1. The topological polar surface area (TPSA) is 101 Å². The van der Waals surface area contributed by atoms with E-state index in [0.29, 0.717) is 35.1 Å². The molecule has 1 N–H and O–H groups in total. The standard InChI is InChI=1S/C22H26N4O4S/c1-22(2)10-15-16(11-23)20(31-13-14-4-5-18(30-14)21(27)28-3)25-19(17(15)12-29-22)26-8-6-24-7-9-26/h4-5,24H,6-10,12-13H2,1-3H3. The Bertz CT molecular complexity index is 1020. The summed E-state index contributed by atoms with van der Waals surface area (Å²) < 4.78 is 16.3. The molecular formula is C22H26N4O4S. The van der Waals surface area contributed by atoms with E-state index in [9.17, 15) is 10.1 Å². The highest BCUT2D eigenvalue weighted by molar-refractivity contribution is 7.98. The third kappa shape index (κ3) is 4.56. The van der Waals surface area contributed by atoms with Gasteiger partial charge in [0.1, 0.15) is 22.7 Å². The molecule has 0 spiro atoms. The highest BCUT2D eigenvalue weighted by atomic mass is 32.2. The van der Waals surface area contributed by atoms with Gasteiger partial charge in [-0.1, -0.05) is 11.8 Å². The number of furan rings is 1. The minimum Gasteiger partial charge on any atom is -0.463 e. The van der Waals surface area contributed by atoms with Crippen LogP contribution in [0, 0.1) is 11.3 Å². The zero-order valence-electron chi connectivity index (χ0n) is 18.0. The van der Waals surface area contributed by atoms with Gasteiger partial charge in [-0.05, 0) is 31.5 Å². The summed E-state index contributed by atoms with van der Waals surface area (Å²) in [6.07, 6.45) is 0.660. The molecule has 1 saturated heterocycles. The lowest BCUT2D eigenvalue weighted by atomic mass is 9.89. The molecule has 4 rings (SSSR count). The lowest BCUT2D eigenvalue weighted by molar-refractivity contribution is -0.0402. The summed E-state index contributed by atoms with van der Waals surface area (Å²) in [4.78, 5) is 18.8. The number of hydrogen-bond donors (Lipinski definition) is 1. The van der Waals surface area contributed by atoms with E-state index in [1.54, 1.807) is 12.1 Å². The Hall–Kier alpha value is -2.54. The Labute approximate surface area is 185 Å². The van der Waals surface area contributed by atoms with Gasteiger partial charge in [-0.25, -0.2) is 9.78 Å². The normalized spacial score (nSPS) is 17.7. The Morgan fingerprint density at radius 3 is 2.84 bits per heavy atom. The minimum atomic E-state index is -0.510. The molecule has 31 heavy (non-hydrogen) atoms. The third-order valence-corrected chi connectivity index (χ3v) is 6.49. The van der Waals surface area contributed by atoms with Gasteiger partial charge in [0.05, 0.1) is 30.6 Å². The number of fused-ring (bicyclic) bond motifs is 1. The number of rotatable bonds is 5. The Morgan fingerprint density at radius 2 is 2.13 bits per heavy atom. The largest absolute Gasteiger partial charge is 0.463 e. The Morgan fingerprint density at radius 1 is 1.35 bits per heavy atom. The number of thioether (sulfide) groups is 1. The zero-order valence-corrected chi connectivity index (χ0v) is 18.8. The maximum atomic E-state index is 11.6. The third-order valence-electron chi connectivity index (χ3n) is 5.49. The van der Waals surface area contributed by atoms with E-state index in [1.807, 2.05) is 13.8 Å². The number of aromatic nitrogens is 1. The van der Waals surface area contributed by atoms with Crippen molar-refractivity contribution in [2.45, 2.75) is 43.3 Å². The second kappa shape index (κ2) is 8.91. The zero-order chi connectivity index (χ0) is 22.0. The van der Waals surface area contributed by atoms with Gasteiger partial charge in [-0.3, -0.25) is 0 Å². The molecule has 2 aromatic rings. The van der Waals surface area contributed by atoms with Gasteiger partial charge in [0.2, 0.25) is 5.76 Å². The van der Waals surface area contributed by atoms with E-state index in [0.717, 1.165) is 43.1 Å². The molecule has 0 bridgehead atoms. The monoisotopic (exact) mass is 442 g/mol. The fraction of sp³-hybridized carbons (Fsp3) is 0.500. The summed E-state index contributed by atoms with van der Waals surface area (Å²) in [5.41, 5.74) is 2.32. The first-order valence-electron chi connectivity index (χ1n) is 10.3. The van der Waals surface area contributed by atoms with Crippen LogP contribution in [0.3, 0.4) is 0 Å². The average molecular weight is 443 g/mol. The smallest absolute Gasteiger partial charge is 0.373 e. The molecule has 0 amide bonds. The van der Waals surface area contributed by atoms with Crippen molar-refractivity contribution >= 4 is 23.5 Å². The number of piperazine rings is 1. The molecule has 0 saturated carbocycles. The molecular weight excluding hydrogens is 416 g/mol. The summed E-state index contributed by atoms with van der Waals surface area (Å²) in [6.45, 7) is 8.06. The van der Waals surface area contributed by atoms with E-state index in [4.69, 9.17) is 18.9 Å². The summed E-state index contributed by atoms with van der Waals surface area (Å²) in [5, 5.41) is 14.1. The molecule has 1 fully saturated rings. The Balaban J connectivity index is 1.68. The van der Waals surface area contributed by atoms with Gasteiger partial charge >= 0.3 is 5.97 Å². The van der Waals surface area contributed by atoms with Crippen LogP contribution >= 0.6 is 11.8 Å². The number of methoxy groups -OCH3 is 1. The van der Waals surface area contributed by atoms with Crippen molar-refractivity contribution in [2.75, 3.05) is 38.2 Å². The van der Waals surface area contributed by atoms with Crippen molar-refractivity contribution in [1.29, 1.82) is 5.26 Å². The summed E-state index contributed by atoms with van der Waals surface area (Å²) >= 11 is 1.45. The van der Waals surface area contributed by atoms with E-state index in [1.165, 1.54) is 18.9 Å². The summed E-state index contributed by atoms with van der Waals surface area (Å²) in [5.74, 6) is 1.64. The first-order chi connectivity index (χ1) is 14.9. The van der Waals surface area contributed by atoms with Gasteiger partial charge < -0.3 is 24.1 Å². The number of nitrogens with one attached hydrogen (secondary N) is 1. The maximum absolute atomic E-state index is 11.6. The quantitative estimate of drug-likeness (QED) is 0.553. The number of nitrogens with zero attached hydrogens (tertiary/aromatic N) is 3. The van der Waals surface area contributed by atoms with Gasteiger partial charge in [-0.2, -0.15) is 5.26 Å². The van der Waals surface area contributed by atoms with Crippen LogP contribution < -0.4 is 10.2 Å². The predicted molar refractivity (Wildman–Crippen MR) is 116 cm³/mol. The van der Waals surface area contributed by atoms with Crippen molar-refractivity contribution in [3.8, 4) is 6.07 Å². The average Bonchev–Trinajstić information content (AvgIpc) is 3.25. The second-order valence-corrected chi connectivity index (χ2v) is 9.16. The van der Waals surface area contributed by atoms with Crippen molar-refractivity contribution in [3.05, 3.63) is 40.3 Å². The van der Waals surface area contributed by atoms with E-state index < -0.39 is 5.97 Å². The molecule has 2 aliphatic heterocycles. The van der Waals surface area contributed by atoms with E-state index >= 15 is 0 Å². The summed E-state index contributed by atoms with van der Waals surface area (Å²) in [7, 11) is 1.32. The van der Waals surface area contributed by atoms with E-state index in [-0.39, 0.29) is 11.4 Å². The van der Waals surface area contributed by atoms with Crippen LogP contribution in [0.4, 0.5) is 5.82 Å². The molecule has 0 aliphatic carbocycles. The maximum Gasteiger partial charge on any atom is 0.373 e. The van der Waals surface area contributed by atoms with Crippen LogP contribution in [-0.2, 0) is 28.3 Å². The second-order valence-electron chi connectivity index (χ2n) is 8.19. The predicted octanol–water partition coefficient (Wildman–Crippen LogP) is 2.89. The number of esters is 1. The van der Waals surface area contributed by atoms with E-state index in [2.05, 4.69) is 16.3 Å². The van der Waals surface area contributed by atoms with Crippen LogP contribution in [0.1, 0.15) is 46.9 Å². The molecule has 0 unspecified atom stereocenters. The van der Waals surface area contributed by atoms with Crippen LogP contribution in [0.5, 0.6) is 0 Å². The fourth-order valence-electron chi connectivity index (χ4n) is 3.89. The minimum absolute atomic E-state index is 0.164. The highest BCUT2D eigenvalue weighted by Crippen LogP contribution is 2.39. The molecule has 0 atom stereocenters. The van der Waals surface area contributed by atoms with Gasteiger partial charge in [0, 0.05) is 38.2 Å². The molecule has 0 aromatic carbocycles. The number of pyridine rings is 1. The molecule has 9 heteroatoms. The number of hydrogen-bond acceptors (Lipinski definition) is 9. The van der Waals surface area contributed by atoms with Crippen molar-refractivity contribution in [3.63, 3.8) is 0 Å². The molecule has 8 nitrogen and oxygen atoms in total. The lowest BCUT2D eigenvalue weighted by Gasteiger charge is -2.37. The highest BCUT2D eigenvalue weighted by Gasteiger charge is 2.33. The number of ether oxygens (including phenoxy) is 2. The first-order valence-corrected chi connectivity index (χ1v) is 11.3. The van der Waals surface area contributed by atoms with Crippen molar-refractivity contribution in [2.24, 2.45) is 0 Å². The van der Waals surface area contributed by atoms with Gasteiger partial charge in [-0.15, -0.1) is 0 Å². The van der Waals surface area contributed by atoms with Crippen molar-refractivity contribution in [1.82, 2.24) is 10.3 Å². The Kier molecular flexibility index (Phi) is 6.23. The lowest BCUT2D eigenvalue weighted by Crippen LogP contribution is -2.45. The van der Waals surface area contributed by atoms with Crippen LogP contribution in [0.2, 0.25) is 0 Å². The SMILES string of the molecule is COC(=O)c1ccc(CSc2nc(N3CCNCC3)c3c(c2C#N)CC(C)(C)OC3)o1. The number of nitriles is 1. The molecule has 164 valence electrons. The fourth-order valence-corrected chi connectivity index (χ4v) is 4.79. The first kappa shape index (κ1) is 21.7. The van der Waals surface area contributed by atoms with Crippen molar-refractivity contribution < 1.29 is 18.7 Å². The number of carbonyl (C=O) groups is 1. The molecule has 2 aromatic heterocycles. The van der Waals surface area contributed by atoms with Gasteiger partial charge in [0.15, 0.2) is 0 Å². The van der Waals surface area contributed by atoms with Crippen LogP contribution in [-0.4, -0.2) is 49.8 Å². The van der Waals surface area contributed by atoms with Crippen LogP contribution in [0.25, 0.3) is 0 Å². The van der Waals surface area contributed by atoms with Crippen LogP contribution in [0.15, 0.2) is 21.6 Å². The molecule has 0 radical (unpaired) electrons. The number of anilines is 1. The summed E-state index contributed by atoms with van der Waals surface area (Å²) in [6, 6.07) is 5.73.